The van der Waals surface area contributed by atoms with Gasteiger partial charge < -0.3 is 4.42 Å². The van der Waals surface area contributed by atoms with Crippen molar-refractivity contribution in [3.8, 4) is 44.5 Å². The number of para-hydroxylation sites is 1. The Bertz CT molecular complexity index is 2730. The Hall–Kier alpha value is -6.18. The first-order valence-electron chi connectivity index (χ1n) is 16.7. The zero-order chi connectivity index (χ0) is 31.4. The Morgan fingerprint density at radius 1 is 0.333 bits per heavy atom. The van der Waals surface area contributed by atoms with Crippen LogP contribution in [0.2, 0.25) is 0 Å². The lowest BCUT2D eigenvalue weighted by Gasteiger charge is -2.30. The van der Waals surface area contributed by atoms with Crippen LogP contribution in [0.4, 0.5) is 0 Å². The van der Waals surface area contributed by atoms with Gasteiger partial charge in [-0.2, -0.15) is 0 Å². The van der Waals surface area contributed by atoms with E-state index < -0.39 is 0 Å². The molecule has 0 radical (unpaired) electrons. The van der Waals surface area contributed by atoms with Gasteiger partial charge >= 0.3 is 0 Å². The Morgan fingerprint density at radius 2 is 0.896 bits per heavy atom. The molecule has 48 heavy (non-hydrogen) atoms. The van der Waals surface area contributed by atoms with Crippen molar-refractivity contribution in [1.82, 2.24) is 0 Å². The van der Waals surface area contributed by atoms with Gasteiger partial charge in [0.25, 0.3) is 0 Å². The van der Waals surface area contributed by atoms with Crippen LogP contribution in [0.3, 0.4) is 0 Å². The molecule has 0 saturated carbocycles. The van der Waals surface area contributed by atoms with E-state index in [1.807, 2.05) is 0 Å². The standard InChI is InChI=1S/C47H28O/c1-2-11-32-26-33(25-22-29(32)10-1)30-20-23-31(24-21-30)34-15-9-16-38-40-27-39-37-14-5-8-19-43(37)47(44(39)28-45(40)48-46(34)38)41-17-6-3-12-35(41)36-13-4-7-18-42(36)47/h1-28H. The number of fused-ring (bicyclic) bond motifs is 14. The van der Waals surface area contributed by atoms with E-state index >= 15 is 0 Å². The molecule has 2 aliphatic carbocycles. The van der Waals surface area contributed by atoms with E-state index in [1.54, 1.807) is 0 Å². The molecule has 1 spiro atoms. The van der Waals surface area contributed by atoms with Gasteiger partial charge in [0.05, 0.1) is 5.41 Å². The number of benzene rings is 8. The molecule has 1 aromatic heterocycles. The summed E-state index contributed by atoms with van der Waals surface area (Å²) in [6, 6.07) is 62.3. The molecule has 0 amide bonds. The largest absolute Gasteiger partial charge is 0.455 e. The zero-order valence-corrected chi connectivity index (χ0v) is 26.1. The fourth-order valence-corrected chi connectivity index (χ4v) is 8.82. The average molecular weight is 609 g/mol. The number of hydrogen-bond acceptors (Lipinski definition) is 1. The lowest BCUT2D eigenvalue weighted by atomic mass is 9.70. The van der Waals surface area contributed by atoms with Crippen molar-refractivity contribution in [1.29, 1.82) is 0 Å². The minimum absolute atomic E-state index is 0.381. The van der Waals surface area contributed by atoms with E-state index in [2.05, 4.69) is 170 Å². The Labute approximate surface area is 278 Å². The summed E-state index contributed by atoms with van der Waals surface area (Å²) in [4.78, 5) is 0. The molecule has 1 heteroatoms. The van der Waals surface area contributed by atoms with Crippen LogP contribution >= 0.6 is 0 Å². The Balaban J connectivity index is 1.10. The molecule has 1 nitrogen and oxygen atoms in total. The lowest BCUT2D eigenvalue weighted by Crippen LogP contribution is -2.25. The van der Waals surface area contributed by atoms with Crippen molar-refractivity contribution in [3.63, 3.8) is 0 Å². The fraction of sp³-hybridized carbons (Fsp3) is 0.0213. The van der Waals surface area contributed by atoms with Crippen molar-refractivity contribution in [2.45, 2.75) is 5.41 Å². The van der Waals surface area contributed by atoms with Crippen LogP contribution in [0, 0.1) is 0 Å². The first-order chi connectivity index (χ1) is 23.8. The fourth-order valence-electron chi connectivity index (χ4n) is 8.82. The molecular formula is C47H28O. The molecule has 0 unspecified atom stereocenters. The summed E-state index contributed by atoms with van der Waals surface area (Å²) in [5, 5.41) is 4.82. The zero-order valence-electron chi connectivity index (χ0n) is 26.1. The van der Waals surface area contributed by atoms with Crippen LogP contribution in [-0.4, -0.2) is 0 Å². The van der Waals surface area contributed by atoms with Gasteiger partial charge in [0.2, 0.25) is 0 Å². The van der Waals surface area contributed by atoms with Crippen molar-refractivity contribution in [2.24, 2.45) is 0 Å². The van der Waals surface area contributed by atoms with Crippen LogP contribution in [0.15, 0.2) is 174 Å². The maximum Gasteiger partial charge on any atom is 0.143 e. The van der Waals surface area contributed by atoms with Gasteiger partial charge in [-0.05, 0) is 90.2 Å². The molecule has 0 saturated heterocycles. The van der Waals surface area contributed by atoms with E-state index in [-0.39, 0.29) is 5.41 Å². The van der Waals surface area contributed by atoms with E-state index in [1.165, 1.54) is 66.4 Å². The smallest absolute Gasteiger partial charge is 0.143 e. The van der Waals surface area contributed by atoms with E-state index in [0.29, 0.717) is 0 Å². The normalized spacial score (nSPS) is 13.6. The van der Waals surface area contributed by atoms with E-state index in [4.69, 9.17) is 4.42 Å². The third-order valence-electron chi connectivity index (χ3n) is 10.9. The predicted molar refractivity (Wildman–Crippen MR) is 198 cm³/mol. The summed E-state index contributed by atoms with van der Waals surface area (Å²) in [5.41, 5.74) is 16.7. The van der Waals surface area contributed by atoms with E-state index in [0.717, 1.165) is 33.1 Å². The molecule has 2 aliphatic rings. The van der Waals surface area contributed by atoms with Gasteiger partial charge in [-0.3, -0.25) is 0 Å². The summed E-state index contributed by atoms with van der Waals surface area (Å²) in [6.45, 7) is 0. The van der Waals surface area contributed by atoms with Gasteiger partial charge in [-0.25, -0.2) is 0 Å². The van der Waals surface area contributed by atoms with Crippen LogP contribution < -0.4 is 0 Å². The lowest BCUT2D eigenvalue weighted by molar-refractivity contribution is 0.667. The number of furan rings is 1. The summed E-state index contributed by atoms with van der Waals surface area (Å²) in [5.74, 6) is 0. The van der Waals surface area contributed by atoms with Gasteiger partial charge in [-0.15, -0.1) is 0 Å². The molecule has 9 aromatic rings. The molecule has 0 N–H and O–H groups in total. The third-order valence-corrected chi connectivity index (χ3v) is 10.9. The van der Waals surface area contributed by atoms with Crippen LogP contribution in [-0.2, 0) is 5.41 Å². The van der Waals surface area contributed by atoms with Crippen LogP contribution in [0.1, 0.15) is 22.3 Å². The Morgan fingerprint density at radius 3 is 1.60 bits per heavy atom. The molecule has 0 fully saturated rings. The molecule has 8 aromatic carbocycles. The molecular weight excluding hydrogens is 581 g/mol. The van der Waals surface area contributed by atoms with Crippen molar-refractivity contribution >= 4 is 32.7 Å². The van der Waals surface area contributed by atoms with Crippen LogP contribution in [0.5, 0.6) is 0 Å². The average Bonchev–Trinajstić information content (AvgIpc) is 3.77. The molecule has 1 heterocycles. The number of hydrogen-bond donors (Lipinski definition) is 0. The SMILES string of the molecule is c1ccc2c(c1)-c1ccccc1C21c2ccccc2-c2cc3c(cc21)oc1c(-c2ccc(-c4ccc5ccccc5c4)cc2)cccc13. The minimum atomic E-state index is -0.381. The van der Waals surface area contributed by atoms with Crippen molar-refractivity contribution in [2.75, 3.05) is 0 Å². The summed E-state index contributed by atoms with van der Waals surface area (Å²) >= 11 is 0. The summed E-state index contributed by atoms with van der Waals surface area (Å²) in [7, 11) is 0. The second kappa shape index (κ2) is 9.44. The maximum absolute atomic E-state index is 6.90. The third kappa shape index (κ3) is 3.30. The molecule has 11 rings (SSSR count). The Kier molecular flexibility index (Phi) is 5.10. The second-order valence-corrected chi connectivity index (χ2v) is 13.2. The molecule has 222 valence electrons. The highest BCUT2D eigenvalue weighted by molar-refractivity contribution is 6.12. The number of rotatable bonds is 2. The van der Waals surface area contributed by atoms with Gasteiger partial charge in [0.1, 0.15) is 11.2 Å². The summed E-state index contributed by atoms with van der Waals surface area (Å²) < 4.78 is 6.90. The van der Waals surface area contributed by atoms with E-state index in [9.17, 15) is 0 Å². The van der Waals surface area contributed by atoms with Crippen molar-refractivity contribution < 1.29 is 4.42 Å². The first-order valence-corrected chi connectivity index (χ1v) is 16.7. The van der Waals surface area contributed by atoms with Crippen LogP contribution in [0.25, 0.3) is 77.2 Å². The topological polar surface area (TPSA) is 13.1 Å². The summed E-state index contributed by atoms with van der Waals surface area (Å²) in [6.07, 6.45) is 0. The van der Waals surface area contributed by atoms with Gasteiger partial charge in [-0.1, -0.05) is 152 Å². The highest BCUT2D eigenvalue weighted by Gasteiger charge is 2.51. The quantitative estimate of drug-likeness (QED) is 0.190. The highest BCUT2D eigenvalue weighted by Crippen LogP contribution is 2.63. The predicted octanol–water partition coefficient (Wildman–Crippen LogP) is 12.4. The molecule has 0 bridgehead atoms. The molecule has 0 aliphatic heterocycles. The van der Waals surface area contributed by atoms with Gasteiger partial charge in [0, 0.05) is 16.3 Å². The van der Waals surface area contributed by atoms with Gasteiger partial charge in [0.15, 0.2) is 0 Å². The first kappa shape index (κ1) is 25.9. The highest BCUT2D eigenvalue weighted by atomic mass is 16.3. The maximum atomic E-state index is 6.90. The second-order valence-electron chi connectivity index (χ2n) is 13.2. The minimum Gasteiger partial charge on any atom is -0.455 e. The van der Waals surface area contributed by atoms with Crippen molar-refractivity contribution in [3.05, 3.63) is 192 Å². The monoisotopic (exact) mass is 608 g/mol. The molecule has 0 atom stereocenters.